The molecular weight excluding hydrogens is 196 g/mol. The van der Waals surface area contributed by atoms with Crippen molar-refractivity contribution >= 4 is 17.0 Å². The molecule has 1 aromatic carbocycles. The Balaban J connectivity index is 2.16. The lowest BCUT2D eigenvalue weighted by molar-refractivity contribution is 0.809. The van der Waals surface area contributed by atoms with Crippen LogP contribution < -0.4 is 5.32 Å². The second-order valence-corrected chi connectivity index (χ2v) is 4.04. The van der Waals surface area contributed by atoms with Gasteiger partial charge in [0.25, 0.3) is 0 Å². The smallest absolute Gasteiger partial charge is 0.0478 e. The third kappa shape index (κ3) is 2.34. The first-order chi connectivity index (χ1) is 7.81. The Labute approximate surface area is 96.6 Å². The van der Waals surface area contributed by atoms with Crippen LogP contribution in [0.1, 0.15) is 12.0 Å². The van der Waals surface area contributed by atoms with Gasteiger partial charge in [0.05, 0.1) is 0 Å². The van der Waals surface area contributed by atoms with Crippen molar-refractivity contribution in [2.75, 3.05) is 13.6 Å². The van der Waals surface area contributed by atoms with Gasteiger partial charge in [-0.15, -0.1) is 0 Å². The van der Waals surface area contributed by atoms with Crippen molar-refractivity contribution in [3.8, 4) is 0 Å². The Bertz CT molecular complexity index is 494. The highest BCUT2D eigenvalue weighted by Crippen LogP contribution is 2.17. The fourth-order valence-electron chi connectivity index (χ4n) is 1.85. The molecule has 84 valence electrons. The van der Waals surface area contributed by atoms with E-state index in [4.69, 9.17) is 0 Å². The first-order valence-electron chi connectivity index (χ1n) is 5.67. The van der Waals surface area contributed by atoms with E-state index >= 15 is 0 Å². The molecule has 2 nitrogen and oxygen atoms in total. The first kappa shape index (κ1) is 11.0. The van der Waals surface area contributed by atoms with Gasteiger partial charge in [-0.2, -0.15) is 0 Å². The Morgan fingerprint density at radius 1 is 1.31 bits per heavy atom. The van der Waals surface area contributed by atoms with Crippen LogP contribution in [0.15, 0.2) is 36.5 Å². The third-order valence-electron chi connectivity index (χ3n) is 2.78. The molecule has 0 aliphatic heterocycles. The van der Waals surface area contributed by atoms with Crippen LogP contribution in [-0.4, -0.2) is 18.2 Å². The Morgan fingerprint density at radius 2 is 2.19 bits per heavy atom. The van der Waals surface area contributed by atoms with Crippen molar-refractivity contribution in [3.63, 3.8) is 0 Å². The summed E-state index contributed by atoms with van der Waals surface area (Å²) in [7, 11) is 4.05. The van der Waals surface area contributed by atoms with E-state index in [1.807, 2.05) is 7.05 Å². The van der Waals surface area contributed by atoms with Gasteiger partial charge in [-0.25, -0.2) is 0 Å². The summed E-state index contributed by atoms with van der Waals surface area (Å²) in [6, 6.07) is 8.72. The Hall–Kier alpha value is -1.54. The summed E-state index contributed by atoms with van der Waals surface area (Å²) in [5.74, 6) is 0. The van der Waals surface area contributed by atoms with Gasteiger partial charge in [0.2, 0.25) is 0 Å². The van der Waals surface area contributed by atoms with Crippen molar-refractivity contribution in [2.45, 2.75) is 6.42 Å². The summed E-state index contributed by atoms with van der Waals surface area (Å²) >= 11 is 0. The minimum atomic E-state index is 1.03. The lowest BCUT2D eigenvalue weighted by atomic mass is 10.1. The molecule has 16 heavy (non-hydrogen) atoms. The fourth-order valence-corrected chi connectivity index (χ4v) is 1.85. The molecule has 2 aromatic rings. The van der Waals surface area contributed by atoms with Crippen molar-refractivity contribution in [1.29, 1.82) is 0 Å². The average Bonchev–Trinajstić information content (AvgIpc) is 2.66. The van der Waals surface area contributed by atoms with Gasteiger partial charge in [0.1, 0.15) is 0 Å². The van der Waals surface area contributed by atoms with Crippen molar-refractivity contribution in [2.24, 2.45) is 7.05 Å². The number of nitrogens with one attached hydrogen (secondary N) is 1. The number of aryl methyl sites for hydroxylation is 1. The average molecular weight is 214 g/mol. The van der Waals surface area contributed by atoms with E-state index in [0.717, 1.165) is 13.0 Å². The van der Waals surface area contributed by atoms with Gasteiger partial charge in [0.15, 0.2) is 0 Å². The second-order valence-electron chi connectivity index (χ2n) is 4.04. The summed E-state index contributed by atoms with van der Waals surface area (Å²) in [6.45, 7) is 1.03. The summed E-state index contributed by atoms with van der Waals surface area (Å²) in [4.78, 5) is 0. The highest BCUT2D eigenvalue weighted by Gasteiger charge is 1.97. The summed E-state index contributed by atoms with van der Waals surface area (Å²) < 4.78 is 2.14. The number of benzene rings is 1. The molecule has 2 rings (SSSR count). The normalized spacial score (nSPS) is 11.6. The molecule has 0 spiro atoms. The SMILES string of the molecule is CNCCC=Cc1ccc2c(ccn2C)c1. The molecule has 0 bridgehead atoms. The molecule has 2 heteroatoms. The number of hydrogen-bond acceptors (Lipinski definition) is 1. The van der Waals surface area contributed by atoms with Crippen LogP contribution in [0.4, 0.5) is 0 Å². The second kappa shape index (κ2) is 4.99. The van der Waals surface area contributed by atoms with Crippen LogP contribution in [0, 0.1) is 0 Å². The van der Waals surface area contributed by atoms with E-state index in [2.05, 4.69) is 59.5 Å². The van der Waals surface area contributed by atoms with Gasteiger partial charge in [-0.3, -0.25) is 0 Å². The molecule has 0 fully saturated rings. The highest BCUT2D eigenvalue weighted by molar-refractivity contribution is 5.82. The number of rotatable bonds is 4. The standard InChI is InChI=1S/C14H18N2/c1-15-9-4-3-5-12-6-7-14-13(11-12)8-10-16(14)2/h3,5-8,10-11,15H,4,9H2,1-2H3. The van der Waals surface area contributed by atoms with E-state index in [0.29, 0.717) is 0 Å². The zero-order valence-corrected chi connectivity index (χ0v) is 9.90. The minimum absolute atomic E-state index is 1.03. The van der Waals surface area contributed by atoms with Crippen LogP contribution in [-0.2, 0) is 7.05 Å². The van der Waals surface area contributed by atoms with E-state index in [1.54, 1.807) is 0 Å². The predicted octanol–water partition coefficient (Wildman–Crippen LogP) is 2.80. The van der Waals surface area contributed by atoms with E-state index < -0.39 is 0 Å². The van der Waals surface area contributed by atoms with Gasteiger partial charge in [0, 0.05) is 24.1 Å². The van der Waals surface area contributed by atoms with Gasteiger partial charge < -0.3 is 9.88 Å². The Kier molecular flexibility index (Phi) is 3.42. The maximum atomic E-state index is 3.13. The van der Waals surface area contributed by atoms with E-state index in [-0.39, 0.29) is 0 Å². The molecule has 0 saturated heterocycles. The lowest BCUT2D eigenvalue weighted by Crippen LogP contribution is -2.05. The largest absolute Gasteiger partial charge is 0.351 e. The Morgan fingerprint density at radius 3 is 3.00 bits per heavy atom. The maximum absolute atomic E-state index is 3.13. The van der Waals surface area contributed by atoms with Crippen molar-refractivity contribution in [3.05, 3.63) is 42.1 Å². The molecule has 0 radical (unpaired) electrons. The molecule has 1 aromatic heterocycles. The monoisotopic (exact) mass is 214 g/mol. The molecule has 1 N–H and O–H groups in total. The summed E-state index contributed by atoms with van der Waals surface area (Å²) in [5, 5.41) is 4.44. The molecule has 0 unspecified atom stereocenters. The molecular formula is C14H18N2. The topological polar surface area (TPSA) is 17.0 Å². The fraction of sp³-hybridized carbons (Fsp3) is 0.286. The summed E-state index contributed by atoms with van der Waals surface area (Å²) in [5.41, 5.74) is 2.56. The maximum Gasteiger partial charge on any atom is 0.0478 e. The van der Waals surface area contributed by atoms with Crippen LogP contribution in [0.5, 0.6) is 0 Å². The van der Waals surface area contributed by atoms with Gasteiger partial charge in [-0.05, 0) is 43.8 Å². The lowest BCUT2D eigenvalue weighted by Gasteiger charge is -1.98. The van der Waals surface area contributed by atoms with Crippen molar-refractivity contribution < 1.29 is 0 Å². The van der Waals surface area contributed by atoms with Crippen LogP contribution in [0.25, 0.3) is 17.0 Å². The molecule has 0 saturated carbocycles. The van der Waals surface area contributed by atoms with Gasteiger partial charge in [-0.1, -0.05) is 18.2 Å². The molecule has 0 amide bonds. The highest BCUT2D eigenvalue weighted by atomic mass is 14.9. The zero-order valence-electron chi connectivity index (χ0n) is 9.90. The molecule has 0 aliphatic carbocycles. The number of fused-ring (bicyclic) bond motifs is 1. The third-order valence-corrected chi connectivity index (χ3v) is 2.78. The quantitative estimate of drug-likeness (QED) is 0.774. The van der Waals surface area contributed by atoms with Crippen molar-refractivity contribution in [1.82, 2.24) is 9.88 Å². The molecule has 0 atom stereocenters. The number of hydrogen-bond donors (Lipinski definition) is 1. The van der Waals surface area contributed by atoms with Crippen LogP contribution in [0.2, 0.25) is 0 Å². The minimum Gasteiger partial charge on any atom is -0.351 e. The van der Waals surface area contributed by atoms with Crippen LogP contribution in [0.3, 0.4) is 0 Å². The first-order valence-corrected chi connectivity index (χ1v) is 5.67. The predicted molar refractivity (Wildman–Crippen MR) is 70.5 cm³/mol. The molecule has 1 heterocycles. The summed E-state index contributed by atoms with van der Waals surface area (Å²) in [6.07, 6.45) is 7.56. The molecule has 0 aliphatic rings. The number of aromatic nitrogens is 1. The van der Waals surface area contributed by atoms with Crippen LogP contribution >= 0.6 is 0 Å². The van der Waals surface area contributed by atoms with Gasteiger partial charge >= 0.3 is 0 Å². The number of nitrogens with zero attached hydrogens (tertiary/aromatic N) is 1. The zero-order chi connectivity index (χ0) is 11.4. The van der Waals surface area contributed by atoms with E-state index in [9.17, 15) is 0 Å². The van der Waals surface area contributed by atoms with E-state index in [1.165, 1.54) is 16.5 Å².